The predicted molar refractivity (Wildman–Crippen MR) is 125 cm³/mol. The Hall–Kier alpha value is -0.570. The second-order valence-corrected chi connectivity index (χ2v) is 8.82. The van der Waals surface area contributed by atoms with Gasteiger partial charge in [0.05, 0.1) is 19.1 Å². The molecular weight excluding hydrogens is 360 g/mol. The van der Waals surface area contributed by atoms with Crippen molar-refractivity contribution in [3.05, 3.63) is 0 Å². The Labute approximate surface area is 182 Å². The number of esters is 1. The molecule has 29 heavy (non-hydrogen) atoms. The average Bonchev–Trinajstić information content (AvgIpc) is 2.70. The van der Waals surface area contributed by atoms with Crippen LogP contribution in [-0.4, -0.2) is 23.8 Å². The van der Waals surface area contributed by atoms with Crippen molar-refractivity contribution in [3.63, 3.8) is 0 Å². The highest BCUT2D eigenvalue weighted by molar-refractivity contribution is 5.69. The van der Waals surface area contributed by atoms with Gasteiger partial charge in [0.25, 0.3) is 0 Å². The largest absolute Gasteiger partial charge is 0.466 e. The van der Waals surface area contributed by atoms with Crippen LogP contribution in [-0.2, 0) is 9.53 Å². The Balaban J connectivity index is 3.12. The number of hydrogen-bond donors (Lipinski definition) is 1. The van der Waals surface area contributed by atoms with Crippen molar-refractivity contribution >= 4 is 5.97 Å². The zero-order chi connectivity index (χ0) is 21.4. The summed E-state index contributed by atoms with van der Waals surface area (Å²) in [5.74, 6) is -0.280. The summed E-state index contributed by atoms with van der Waals surface area (Å²) < 4.78 is 4.86. The molecule has 3 nitrogen and oxygen atoms in total. The fourth-order valence-corrected chi connectivity index (χ4v) is 3.97. The molecule has 1 atom stereocenters. The molecule has 0 aromatic rings. The summed E-state index contributed by atoms with van der Waals surface area (Å²) in [6.07, 6.45) is 26.4. The lowest BCUT2D eigenvalue weighted by Crippen LogP contribution is -2.15. The van der Waals surface area contributed by atoms with E-state index in [1.807, 2.05) is 0 Å². The molecule has 0 aliphatic rings. The summed E-state index contributed by atoms with van der Waals surface area (Å²) in [5.41, 5.74) is 0. The maximum Gasteiger partial charge on any atom is 0.308 e. The Bertz CT molecular complexity index is 330. The van der Waals surface area contributed by atoms with Gasteiger partial charge in [0.2, 0.25) is 0 Å². The predicted octanol–water partition coefficient (Wildman–Crippen LogP) is 8.12. The topological polar surface area (TPSA) is 46.5 Å². The molecule has 0 aromatic heterocycles. The van der Waals surface area contributed by atoms with Crippen molar-refractivity contribution in [1.29, 1.82) is 0 Å². The fourth-order valence-electron chi connectivity index (χ4n) is 3.97. The molecule has 0 aliphatic heterocycles. The van der Waals surface area contributed by atoms with E-state index in [4.69, 9.17) is 4.74 Å². The SMILES string of the molecule is CCCCCCCCCCCCCCCCCCCCCC(O)CC(=O)OCC. The highest BCUT2D eigenvalue weighted by Gasteiger charge is 2.10. The molecule has 0 amide bonds. The lowest BCUT2D eigenvalue weighted by atomic mass is 10.0. The Morgan fingerprint density at radius 3 is 1.31 bits per heavy atom. The van der Waals surface area contributed by atoms with Crippen molar-refractivity contribution in [2.45, 2.75) is 155 Å². The van der Waals surface area contributed by atoms with Gasteiger partial charge in [0.1, 0.15) is 0 Å². The normalized spacial score (nSPS) is 12.2. The van der Waals surface area contributed by atoms with E-state index in [0.717, 1.165) is 12.8 Å². The molecule has 0 bridgehead atoms. The number of unbranched alkanes of at least 4 members (excludes halogenated alkanes) is 18. The van der Waals surface area contributed by atoms with Gasteiger partial charge in [-0.05, 0) is 13.3 Å². The van der Waals surface area contributed by atoms with E-state index in [1.165, 1.54) is 116 Å². The van der Waals surface area contributed by atoms with Crippen molar-refractivity contribution in [2.75, 3.05) is 6.61 Å². The van der Waals surface area contributed by atoms with Gasteiger partial charge >= 0.3 is 5.97 Å². The van der Waals surface area contributed by atoms with Gasteiger partial charge < -0.3 is 9.84 Å². The van der Waals surface area contributed by atoms with Crippen LogP contribution in [0.25, 0.3) is 0 Å². The van der Waals surface area contributed by atoms with E-state index in [2.05, 4.69) is 6.92 Å². The van der Waals surface area contributed by atoms with Crippen LogP contribution in [0.1, 0.15) is 149 Å². The molecular formula is C26H52O3. The molecule has 0 radical (unpaired) electrons. The number of hydrogen-bond acceptors (Lipinski definition) is 3. The zero-order valence-corrected chi connectivity index (χ0v) is 19.9. The van der Waals surface area contributed by atoms with Gasteiger partial charge in [0.15, 0.2) is 0 Å². The number of ether oxygens (including phenoxy) is 1. The second kappa shape index (κ2) is 23.7. The first-order valence-electron chi connectivity index (χ1n) is 13.0. The summed E-state index contributed by atoms with van der Waals surface area (Å²) in [4.78, 5) is 11.3. The highest BCUT2D eigenvalue weighted by atomic mass is 16.5. The molecule has 0 aliphatic carbocycles. The minimum absolute atomic E-state index is 0.146. The first-order valence-corrected chi connectivity index (χ1v) is 13.0. The first-order chi connectivity index (χ1) is 14.2. The van der Waals surface area contributed by atoms with Crippen molar-refractivity contribution in [3.8, 4) is 0 Å². The Morgan fingerprint density at radius 2 is 0.966 bits per heavy atom. The molecule has 0 saturated heterocycles. The lowest BCUT2D eigenvalue weighted by Gasteiger charge is -2.09. The molecule has 0 spiro atoms. The minimum atomic E-state index is -0.528. The maximum atomic E-state index is 11.3. The maximum absolute atomic E-state index is 11.3. The lowest BCUT2D eigenvalue weighted by molar-refractivity contribution is -0.145. The number of carbonyl (C=O) groups is 1. The number of aliphatic hydroxyl groups is 1. The monoisotopic (exact) mass is 412 g/mol. The van der Waals surface area contributed by atoms with Crippen LogP contribution >= 0.6 is 0 Å². The van der Waals surface area contributed by atoms with Crippen LogP contribution < -0.4 is 0 Å². The molecule has 174 valence electrons. The number of aliphatic hydroxyl groups excluding tert-OH is 1. The first kappa shape index (κ1) is 28.4. The number of carbonyl (C=O) groups excluding carboxylic acids is 1. The third-order valence-electron chi connectivity index (χ3n) is 5.85. The molecule has 0 rings (SSSR count). The standard InChI is InChI=1S/C26H52O3/c1-3-5-6-7-8-9-10-11-12-13-14-15-16-17-18-19-20-21-22-23-25(27)24-26(28)29-4-2/h25,27H,3-24H2,1-2H3. The van der Waals surface area contributed by atoms with E-state index in [1.54, 1.807) is 6.92 Å². The van der Waals surface area contributed by atoms with E-state index in [0.29, 0.717) is 6.61 Å². The van der Waals surface area contributed by atoms with Crippen LogP contribution in [0.5, 0.6) is 0 Å². The van der Waals surface area contributed by atoms with Crippen molar-refractivity contribution in [2.24, 2.45) is 0 Å². The van der Waals surface area contributed by atoms with E-state index in [-0.39, 0.29) is 12.4 Å². The summed E-state index contributed by atoms with van der Waals surface area (Å²) >= 11 is 0. The van der Waals surface area contributed by atoms with Crippen LogP contribution in [0.4, 0.5) is 0 Å². The van der Waals surface area contributed by atoms with Crippen LogP contribution in [0.15, 0.2) is 0 Å². The zero-order valence-electron chi connectivity index (χ0n) is 19.9. The summed E-state index contributed by atoms with van der Waals surface area (Å²) in [5, 5.41) is 9.79. The van der Waals surface area contributed by atoms with Gasteiger partial charge in [0, 0.05) is 0 Å². The van der Waals surface area contributed by atoms with E-state index < -0.39 is 6.10 Å². The summed E-state index contributed by atoms with van der Waals surface area (Å²) in [6, 6.07) is 0. The van der Waals surface area contributed by atoms with E-state index >= 15 is 0 Å². The van der Waals surface area contributed by atoms with Gasteiger partial charge in [-0.3, -0.25) is 4.79 Å². The fraction of sp³-hybridized carbons (Fsp3) is 0.962. The van der Waals surface area contributed by atoms with Gasteiger partial charge in [-0.2, -0.15) is 0 Å². The third-order valence-corrected chi connectivity index (χ3v) is 5.85. The van der Waals surface area contributed by atoms with Crippen molar-refractivity contribution < 1.29 is 14.6 Å². The van der Waals surface area contributed by atoms with Gasteiger partial charge in [-0.1, -0.05) is 129 Å². The van der Waals surface area contributed by atoms with Crippen molar-refractivity contribution in [1.82, 2.24) is 0 Å². The molecule has 3 heteroatoms. The Kier molecular flexibility index (Phi) is 23.2. The van der Waals surface area contributed by atoms with Gasteiger partial charge in [-0.15, -0.1) is 0 Å². The molecule has 0 heterocycles. The quantitative estimate of drug-likeness (QED) is 0.136. The molecule has 0 aromatic carbocycles. The van der Waals surface area contributed by atoms with Gasteiger partial charge in [-0.25, -0.2) is 0 Å². The Morgan fingerprint density at radius 1 is 0.621 bits per heavy atom. The molecule has 1 N–H and O–H groups in total. The van der Waals surface area contributed by atoms with Crippen LogP contribution in [0, 0.1) is 0 Å². The third kappa shape index (κ3) is 23.6. The summed E-state index contributed by atoms with van der Waals surface area (Å²) in [6.45, 7) is 4.47. The highest BCUT2D eigenvalue weighted by Crippen LogP contribution is 2.15. The van der Waals surface area contributed by atoms with Crippen LogP contribution in [0.3, 0.4) is 0 Å². The smallest absolute Gasteiger partial charge is 0.308 e. The van der Waals surface area contributed by atoms with E-state index in [9.17, 15) is 9.90 Å². The molecule has 1 unspecified atom stereocenters. The summed E-state index contributed by atoms with van der Waals surface area (Å²) in [7, 11) is 0. The van der Waals surface area contributed by atoms with Crippen LogP contribution in [0.2, 0.25) is 0 Å². The second-order valence-electron chi connectivity index (χ2n) is 8.82. The molecule has 0 saturated carbocycles. The molecule has 0 fully saturated rings. The minimum Gasteiger partial charge on any atom is -0.466 e. The number of rotatable bonds is 23. The average molecular weight is 413 g/mol.